The van der Waals surface area contributed by atoms with E-state index in [1.54, 1.807) is 4.68 Å². The lowest BCUT2D eigenvalue weighted by molar-refractivity contribution is 0.270. The van der Waals surface area contributed by atoms with Crippen molar-refractivity contribution >= 4 is 27.6 Å². The van der Waals surface area contributed by atoms with Crippen molar-refractivity contribution in [3.05, 3.63) is 30.5 Å². The average molecular weight is 228 g/mol. The number of anilines is 1. The highest BCUT2D eigenvalue weighted by Crippen LogP contribution is 2.26. The number of hydrogen-bond acceptors (Lipinski definition) is 4. The maximum absolute atomic E-state index is 8.92. The van der Waals surface area contributed by atoms with Crippen LogP contribution in [0.15, 0.2) is 30.5 Å². The number of para-hydroxylation sites is 1. The van der Waals surface area contributed by atoms with Gasteiger partial charge in [0.2, 0.25) is 0 Å². The molecule has 0 saturated carbocycles. The SMILES string of the molecule is Nc1nc2ccccc2c2cn(CCO)nc12. The van der Waals surface area contributed by atoms with E-state index in [1.165, 1.54) is 0 Å². The minimum absolute atomic E-state index is 0.0548. The number of fused-ring (bicyclic) bond motifs is 3. The van der Waals surface area contributed by atoms with Crippen LogP contribution in [0.2, 0.25) is 0 Å². The standard InChI is InChI=1S/C12H12N4O/c13-12-11-9(7-16(15-11)5-6-17)8-3-1-2-4-10(8)14-12/h1-4,7,17H,5-6H2,(H2,13,14). The number of aromatic nitrogens is 3. The zero-order chi connectivity index (χ0) is 11.8. The lowest BCUT2D eigenvalue weighted by atomic mass is 10.1. The summed E-state index contributed by atoms with van der Waals surface area (Å²) in [7, 11) is 0. The van der Waals surface area contributed by atoms with Gasteiger partial charge < -0.3 is 10.8 Å². The molecule has 3 N–H and O–H groups in total. The van der Waals surface area contributed by atoms with Crippen LogP contribution in [0.25, 0.3) is 21.8 Å². The number of aliphatic hydroxyl groups is 1. The normalized spacial score (nSPS) is 11.4. The van der Waals surface area contributed by atoms with E-state index in [2.05, 4.69) is 10.1 Å². The van der Waals surface area contributed by atoms with Crippen LogP contribution >= 0.6 is 0 Å². The molecule has 0 radical (unpaired) electrons. The summed E-state index contributed by atoms with van der Waals surface area (Å²) in [4.78, 5) is 4.32. The predicted molar refractivity (Wildman–Crippen MR) is 66.5 cm³/mol. The molecule has 5 heteroatoms. The van der Waals surface area contributed by atoms with Crippen LogP contribution in [0.4, 0.5) is 5.82 Å². The zero-order valence-electron chi connectivity index (χ0n) is 9.17. The van der Waals surface area contributed by atoms with Crippen LogP contribution in [0, 0.1) is 0 Å². The molecule has 3 rings (SSSR count). The fourth-order valence-electron chi connectivity index (χ4n) is 2.01. The largest absolute Gasteiger partial charge is 0.394 e. The van der Waals surface area contributed by atoms with Crippen molar-refractivity contribution in [2.45, 2.75) is 6.54 Å². The molecule has 5 nitrogen and oxygen atoms in total. The van der Waals surface area contributed by atoms with Crippen LogP contribution < -0.4 is 5.73 Å². The van der Waals surface area contributed by atoms with Crippen molar-refractivity contribution in [1.29, 1.82) is 0 Å². The third-order valence-electron chi connectivity index (χ3n) is 2.77. The van der Waals surface area contributed by atoms with Crippen molar-refractivity contribution in [1.82, 2.24) is 14.8 Å². The van der Waals surface area contributed by atoms with E-state index in [9.17, 15) is 0 Å². The molecule has 0 bridgehead atoms. The summed E-state index contributed by atoms with van der Waals surface area (Å²) in [5, 5.41) is 15.2. The number of benzene rings is 1. The van der Waals surface area contributed by atoms with Gasteiger partial charge in [0, 0.05) is 17.0 Å². The van der Waals surface area contributed by atoms with Gasteiger partial charge >= 0.3 is 0 Å². The highest BCUT2D eigenvalue weighted by atomic mass is 16.3. The molecule has 1 aromatic carbocycles. The topological polar surface area (TPSA) is 77.0 Å². The number of nitrogen functional groups attached to an aromatic ring is 1. The quantitative estimate of drug-likeness (QED) is 0.690. The molecule has 0 fully saturated rings. The number of nitrogens with zero attached hydrogens (tertiary/aromatic N) is 3. The third-order valence-corrected chi connectivity index (χ3v) is 2.77. The summed E-state index contributed by atoms with van der Waals surface area (Å²) in [5.74, 6) is 0.426. The van der Waals surface area contributed by atoms with Gasteiger partial charge in [-0.25, -0.2) is 4.98 Å². The Morgan fingerprint density at radius 3 is 2.88 bits per heavy atom. The highest BCUT2D eigenvalue weighted by molar-refractivity contribution is 6.07. The second-order valence-corrected chi connectivity index (χ2v) is 3.89. The smallest absolute Gasteiger partial charge is 0.152 e. The Balaban J connectivity index is 2.39. The Morgan fingerprint density at radius 2 is 2.06 bits per heavy atom. The molecular formula is C12H12N4O. The molecule has 0 aliphatic heterocycles. The molecule has 17 heavy (non-hydrogen) atoms. The average Bonchev–Trinajstić information content (AvgIpc) is 2.74. The summed E-state index contributed by atoms with van der Waals surface area (Å²) in [6.45, 7) is 0.516. The lowest BCUT2D eigenvalue weighted by Crippen LogP contribution is -2.02. The molecule has 86 valence electrons. The Kier molecular flexibility index (Phi) is 2.19. The molecular weight excluding hydrogens is 216 g/mol. The van der Waals surface area contributed by atoms with Gasteiger partial charge in [0.25, 0.3) is 0 Å². The maximum atomic E-state index is 8.92. The minimum atomic E-state index is 0.0548. The highest BCUT2D eigenvalue weighted by Gasteiger charge is 2.09. The van der Waals surface area contributed by atoms with Gasteiger partial charge in [0.05, 0.1) is 18.7 Å². The number of rotatable bonds is 2. The van der Waals surface area contributed by atoms with Gasteiger partial charge in [-0.05, 0) is 6.07 Å². The summed E-state index contributed by atoms with van der Waals surface area (Å²) >= 11 is 0. The van der Waals surface area contributed by atoms with E-state index < -0.39 is 0 Å². The van der Waals surface area contributed by atoms with Crippen molar-refractivity contribution in [3.63, 3.8) is 0 Å². The van der Waals surface area contributed by atoms with E-state index >= 15 is 0 Å². The number of hydrogen-bond donors (Lipinski definition) is 2. The number of pyridine rings is 1. The van der Waals surface area contributed by atoms with Crippen molar-refractivity contribution < 1.29 is 5.11 Å². The van der Waals surface area contributed by atoms with E-state index in [-0.39, 0.29) is 6.61 Å². The van der Waals surface area contributed by atoms with Crippen molar-refractivity contribution in [2.24, 2.45) is 0 Å². The Morgan fingerprint density at radius 1 is 1.24 bits per heavy atom. The summed E-state index contributed by atoms with van der Waals surface area (Å²) in [6.07, 6.45) is 1.89. The molecule has 0 spiro atoms. The molecule has 0 amide bonds. The van der Waals surface area contributed by atoms with Crippen LogP contribution in [0.1, 0.15) is 0 Å². The number of nitrogens with two attached hydrogens (primary N) is 1. The summed E-state index contributed by atoms with van der Waals surface area (Å²) in [6, 6.07) is 7.81. The molecule has 3 aromatic rings. The zero-order valence-corrected chi connectivity index (χ0v) is 9.17. The lowest BCUT2D eigenvalue weighted by Gasteiger charge is -1.99. The molecule has 0 aliphatic carbocycles. The third kappa shape index (κ3) is 1.52. The first-order valence-corrected chi connectivity index (χ1v) is 5.42. The molecule has 2 heterocycles. The first-order chi connectivity index (χ1) is 8.29. The molecule has 0 aliphatic rings. The minimum Gasteiger partial charge on any atom is -0.394 e. The van der Waals surface area contributed by atoms with Crippen LogP contribution in [0.3, 0.4) is 0 Å². The van der Waals surface area contributed by atoms with E-state index in [1.807, 2.05) is 30.5 Å². The molecule has 2 aromatic heterocycles. The van der Waals surface area contributed by atoms with Crippen LogP contribution in [0.5, 0.6) is 0 Å². The molecule has 0 saturated heterocycles. The second-order valence-electron chi connectivity index (χ2n) is 3.89. The van der Waals surface area contributed by atoms with E-state index in [4.69, 9.17) is 10.8 Å². The van der Waals surface area contributed by atoms with Gasteiger partial charge in [-0.1, -0.05) is 18.2 Å². The van der Waals surface area contributed by atoms with Gasteiger partial charge in [0.15, 0.2) is 5.82 Å². The molecule has 0 unspecified atom stereocenters. The first-order valence-electron chi connectivity index (χ1n) is 5.42. The first kappa shape index (κ1) is 10.0. The Bertz CT molecular complexity index is 689. The summed E-state index contributed by atoms with van der Waals surface area (Å²) in [5.41, 5.74) is 7.44. The number of aliphatic hydroxyl groups excluding tert-OH is 1. The van der Waals surface area contributed by atoms with Gasteiger partial charge in [0.1, 0.15) is 5.52 Å². The van der Waals surface area contributed by atoms with Gasteiger partial charge in [-0.2, -0.15) is 5.10 Å². The van der Waals surface area contributed by atoms with Crippen molar-refractivity contribution in [2.75, 3.05) is 12.3 Å². The fraction of sp³-hybridized carbons (Fsp3) is 0.167. The summed E-state index contributed by atoms with van der Waals surface area (Å²) < 4.78 is 1.69. The van der Waals surface area contributed by atoms with Crippen LogP contribution in [-0.4, -0.2) is 26.5 Å². The molecule has 0 atom stereocenters. The second kappa shape index (κ2) is 3.71. The fourth-order valence-corrected chi connectivity index (χ4v) is 2.01. The van der Waals surface area contributed by atoms with Gasteiger partial charge in [-0.3, -0.25) is 4.68 Å². The maximum Gasteiger partial charge on any atom is 0.152 e. The Labute approximate surface area is 97.5 Å². The van der Waals surface area contributed by atoms with E-state index in [0.717, 1.165) is 16.3 Å². The van der Waals surface area contributed by atoms with E-state index in [0.29, 0.717) is 17.9 Å². The van der Waals surface area contributed by atoms with Gasteiger partial charge in [-0.15, -0.1) is 0 Å². The predicted octanol–water partition coefficient (Wildman–Crippen LogP) is 1.16. The van der Waals surface area contributed by atoms with Crippen LogP contribution in [-0.2, 0) is 6.54 Å². The monoisotopic (exact) mass is 228 g/mol. The Hall–Kier alpha value is -2.14. The van der Waals surface area contributed by atoms with Crippen molar-refractivity contribution in [3.8, 4) is 0 Å².